The van der Waals surface area contributed by atoms with Crippen molar-refractivity contribution in [2.24, 2.45) is 0 Å². The predicted molar refractivity (Wildman–Crippen MR) is 89.4 cm³/mol. The Kier molecular flexibility index (Phi) is 6.01. The molecule has 112 valence electrons. The van der Waals surface area contributed by atoms with Gasteiger partial charge in [-0.15, -0.1) is 0 Å². The van der Waals surface area contributed by atoms with E-state index in [1.807, 2.05) is 0 Å². The van der Waals surface area contributed by atoms with Crippen LogP contribution < -0.4 is 0 Å². The van der Waals surface area contributed by atoms with Gasteiger partial charge in [0, 0.05) is 6.61 Å². The molecule has 2 aromatic carbocycles. The normalized spacial score (nSPS) is 11.5. The van der Waals surface area contributed by atoms with E-state index in [-0.39, 0.29) is 5.60 Å². The van der Waals surface area contributed by atoms with E-state index in [0.717, 1.165) is 13.0 Å². The van der Waals surface area contributed by atoms with Gasteiger partial charge in [0.25, 0.3) is 0 Å². The Morgan fingerprint density at radius 1 is 0.762 bits per heavy atom. The third-order valence-corrected chi connectivity index (χ3v) is 4.04. The standard InChI is InChI=1S/C20H26O/c1-3-4-5-12-17-21-20(2,18-13-8-6-9-14-18)19-15-10-7-11-16-19/h6-11,13-16H,3-5,12,17H2,1-2H3. The molecule has 2 rings (SSSR count). The molecule has 0 amide bonds. The zero-order valence-corrected chi connectivity index (χ0v) is 13.2. The number of hydrogen-bond donors (Lipinski definition) is 0. The summed E-state index contributed by atoms with van der Waals surface area (Å²) in [6, 6.07) is 21.0. The topological polar surface area (TPSA) is 9.23 Å². The van der Waals surface area contributed by atoms with Crippen LogP contribution in [0.15, 0.2) is 60.7 Å². The molecule has 0 aliphatic rings. The highest BCUT2D eigenvalue weighted by Gasteiger charge is 2.29. The summed E-state index contributed by atoms with van der Waals surface area (Å²) in [5, 5.41) is 0. The Hall–Kier alpha value is -1.60. The van der Waals surface area contributed by atoms with Crippen molar-refractivity contribution in [1.29, 1.82) is 0 Å². The third-order valence-electron chi connectivity index (χ3n) is 4.04. The lowest BCUT2D eigenvalue weighted by Crippen LogP contribution is -2.28. The van der Waals surface area contributed by atoms with Gasteiger partial charge in [-0.25, -0.2) is 0 Å². The molecule has 2 aromatic rings. The first-order valence-electron chi connectivity index (χ1n) is 8.02. The van der Waals surface area contributed by atoms with Crippen molar-refractivity contribution in [2.45, 2.75) is 45.1 Å². The van der Waals surface area contributed by atoms with Crippen LogP contribution in [0, 0.1) is 0 Å². The average Bonchev–Trinajstić information content (AvgIpc) is 2.56. The summed E-state index contributed by atoms with van der Waals surface area (Å²) < 4.78 is 6.35. The van der Waals surface area contributed by atoms with E-state index in [4.69, 9.17) is 4.74 Å². The molecule has 0 saturated heterocycles. The van der Waals surface area contributed by atoms with Crippen LogP contribution in [0.25, 0.3) is 0 Å². The summed E-state index contributed by atoms with van der Waals surface area (Å²) in [5.74, 6) is 0. The van der Waals surface area contributed by atoms with Crippen LogP contribution in [0.5, 0.6) is 0 Å². The largest absolute Gasteiger partial charge is 0.366 e. The van der Waals surface area contributed by atoms with Crippen LogP contribution >= 0.6 is 0 Å². The molecular formula is C20H26O. The first-order chi connectivity index (χ1) is 10.3. The molecule has 0 aliphatic heterocycles. The lowest BCUT2D eigenvalue weighted by atomic mass is 9.88. The second-order valence-electron chi connectivity index (χ2n) is 5.67. The maximum absolute atomic E-state index is 6.35. The fourth-order valence-corrected chi connectivity index (χ4v) is 2.65. The second kappa shape index (κ2) is 7.99. The summed E-state index contributed by atoms with van der Waals surface area (Å²) in [4.78, 5) is 0. The van der Waals surface area contributed by atoms with Crippen LogP contribution in [0.1, 0.15) is 50.7 Å². The zero-order valence-electron chi connectivity index (χ0n) is 13.2. The highest BCUT2D eigenvalue weighted by Crippen LogP contribution is 2.33. The van der Waals surface area contributed by atoms with Crippen molar-refractivity contribution in [3.63, 3.8) is 0 Å². The Bertz CT molecular complexity index is 464. The Balaban J connectivity index is 2.15. The summed E-state index contributed by atoms with van der Waals surface area (Å²) in [6.45, 7) is 5.22. The summed E-state index contributed by atoms with van der Waals surface area (Å²) >= 11 is 0. The molecular weight excluding hydrogens is 256 g/mol. The van der Waals surface area contributed by atoms with Crippen molar-refractivity contribution < 1.29 is 4.74 Å². The average molecular weight is 282 g/mol. The van der Waals surface area contributed by atoms with E-state index in [2.05, 4.69) is 74.5 Å². The monoisotopic (exact) mass is 282 g/mol. The van der Waals surface area contributed by atoms with E-state index in [9.17, 15) is 0 Å². The molecule has 0 radical (unpaired) electrons. The molecule has 1 nitrogen and oxygen atoms in total. The molecule has 0 spiro atoms. The predicted octanol–water partition coefficient (Wildman–Crippen LogP) is 5.55. The van der Waals surface area contributed by atoms with Gasteiger partial charge in [0.1, 0.15) is 5.60 Å². The Morgan fingerprint density at radius 3 is 1.76 bits per heavy atom. The van der Waals surface area contributed by atoms with Crippen molar-refractivity contribution in [3.8, 4) is 0 Å². The maximum atomic E-state index is 6.35. The van der Waals surface area contributed by atoms with E-state index in [0.29, 0.717) is 0 Å². The molecule has 0 heterocycles. The molecule has 0 unspecified atom stereocenters. The van der Waals surface area contributed by atoms with Gasteiger partial charge >= 0.3 is 0 Å². The van der Waals surface area contributed by atoms with Gasteiger partial charge in [-0.05, 0) is 24.5 Å². The minimum Gasteiger partial charge on any atom is -0.366 e. The van der Waals surface area contributed by atoms with Gasteiger partial charge in [0.05, 0.1) is 0 Å². The first kappa shape index (κ1) is 15.8. The Morgan fingerprint density at radius 2 is 1.29 bits per heavy atom. The van der Waals surface area contributed by atoms with E-state index in [1.54, 1.807) is 0 Å². The second-order valence-corrected chi connectivity index (χ2v) is 5.67. The third kappa shape index (κ3) is 4.18. The number of rotatable bonds is 8. The van der Waals surface area contributed by atoms with E-state index in [1.165, 1.54) is 30.4 Å². The number of hydrogen-bond acceptors (Lipinski definition) is 1. The molecule has 0 fully saturated rings. The summed E-state index contributed by atoms with van der Waals surface area (Å²) in [5.41, 5.74) is 2.06. The maximum Gasteiger partial charge on any atom is 0.115 e. The van der Waals surface area contributed by atoms with Crippen LogP contribution in [-0.4, -0.2) is 6.61 Å². The molecule has 1 heteroatoms. The number of benzene rings is 2. The fraction of sp³-hybridized carbons (Fsp3) is 0.400. The molecule has 0 aliphatic carbocycles. The fourth-order valence-electron chi connectivity index (χ4n) is 2.65. The molecule has 0 bridgehead atoms. The van der Waals surface area contributed by atoms with Crippen molar-refractivity contribution in [2.75, 3.05) is 6.61 Å². The van der Waals surface area contributed by atoms with Crippen LogP contribution in [-0.2, 0) is 10.3 Å². The lowest BCUT2D eigenvalue weighted by Gasteiger charge is -2.31. The highest BCUT2D eigenvalue weighted by atomic mass is 16.5. The molecule has 0 saturated carbocycles. The van der Waals surface area contributed by atoms with E-state index < -0.39 is 0 Å². The van der Waals surface area contributed by atoms with Crippen LogP contribution in [0.4, 0.5) is 0 Å². The highest BCUT2D eigenvalue weighted by molar-refractivity contribution is 5.35. The quantitative estimate of drug-likeness (QED) is 0.577. The van der Waals surface area contributed by atoms with E-state index >= 15 is 0 Å². The van der Waals surface area contributed by atoms with Gasteiger partial charge in [-0.1, -0.05) is 86.8 Å². The van der Waals surface area contributed by atoms with Crippen LogP contribution in [0.3, 0.4) is 0 Å². The summed E-state index contributed by atoms with van der Waals surface area (Å²) in [6.07, 6.45) is 4.92. The molecule has 0 atom stereocenters. The van der Waals surface area contributed by atoms with Crippen molar-refractivity contribution in [3.05, 3.63) is 71.8 Å². The smallest absolute Gasteiger partial charge is 0.115 e. The first-order valence-corrected chi connectivity index (χ1v) is 8.02. The van der Waals surface area contributed by atoms with Gasteiger partial charge in [-0.2, -0.15) is 0 Å². The van der Waals surface area contributed by atoms with Gasteiger partial charge < -0.3 is 4.74 Å². The number of unbranched alkanes of at least 4 members (excludes halogenated alkanes) is 3. The van der Waals surface area contributed by atoms with Gasteiger partial charge in [0.15, 0.2) is 0 Å². The molecule has 0 N–H and O–H groups in total. The number of ether oxygens (including phenoxy) is 1. The van der Waals surface area contributed by atoms with Gasteiger partial charge in [-0.3, -0.25) is 0 Å². The summed E-state index contributed by atoms with van der Waals surface area (Å²) in [7, 11) is 0. The molecule has 21 heavy (non-hydrogen) atoms. The van der Waals surface area contributed by atoms with Gasteiger partial charge in [0.2, 0.25) is 0 Å². The minimum atomic E-state index is -0.366. The molecule has 0 aromatic heterocycles. The minimum absolute atomic E-state index is 0.366. The Labute approximate surface area is 129 Å². The lowest BCUT2D eigenvalue weighted by molar-refractivity contribution is -0.00609. The van der Waals surface area contributed by atoms with Crippen molar-refractivity contribution >= 4 is 0 Å². The van der Waals surface area contributed by atoms with Crippen LogP contribution in [0.2, 0.25) is 0 Å². The SMILES string of the molecule is CCCCCCOC(C)(c1ccccc1)c1ccccc1. The zero-order chi connectivity index (χ0) is 15.0. The van der Waals surface area contributed by atoms with Crippen molar-refractivity contribution in [1.82, 2.24) is 0 Å².